The Morgan fingerprint density at radius 1 is 1.45 bits per heavy atom. The Labute approximate surface area is 122 Å². The molecule has 6 heteroatoms. The van der Waals surface area contributed by atoms with Crippen molar-refractivity contribution in [3.05, 3.63) is 16.0 Å². The van der Waals surface area contributed by atoms with Crippen molar-refractivity contribution in [2.75, 3.05) is 18.5 Å². The average Bonchev–Trinajstić information content (AvgIpc) is 3.00. The lowest BCUT2D eigenvalue weighted by molar-refractivity contribution is -0.124. The Balaban J connectivity index is 2.20. The van der Waals surface area contributed by atoms with E-state index in [0.29, 0.717) is 23.8 Å². The summed E-state index contributed by atoms with van der Waals surface area (Å²) in [5, 5.41) is 3.36. The second kappa shape index (κ2) is 6.37. The van der Waals surface area contributed by atoms with Gasteiger partial charge < -0.3 is 14.8 Å². The van der Waals surface area contributed by atoms with Gasteiger partial charge in [-0.2, -0.15) is 0 Å². The van der Waals surface area contributed by atoms with Crippen LogP contribution in [0.5, 0.6) is 0 Å². The van der Waals surface area contributed by atoms with Gasteiger partial charge in [0.2, 0.25) is 0 Å². The molecule has 0 saturated carbocycles. The second-order valence-electron chi connectivity index (χ2n) is 4.70. The number of anilines is 1. The molecule has 0 radical (unpaired) electrons. The van der Waals surface area contributed by atoms with Crippen LogP contribution in [0.2, 0.25) is 0 Å². The predicted molar refractivity (Wildman–Crippen MR) is 77.4 cm³/mol. The predicted octanol–water partition coefficient (Wildman–Crippen LogP) is 2.66. The number of carbonyl (C=O) groups excluding carboxylic acids is 2. The number of aryl methyl sites for hydroxylation is 1. The van der Waals surface area contributed by atoms with Crippen molar-refractivity contribution in [2.45, 2.75) is 39.7 Å². The highest BCUT2D eigenvalue weighted by atomic mass is 32.1. The zero-order valence-corrected chi connectivity index (χ0v) is 12.8. The summed E-state index contributed by atoms with van der Waals surface area (Å²) in [6.07, 6.45) is 1.21. The van der Waals surface area contributed by atoms with E-state index in [0.717, 1.165) is 23.3 Å². The normalized spacial score (nSPS) is 18.1. The van der Waals surface area contributed by atoms with Crippen molar-refractivity contribution in [2.24, 2.45) is 0 Å². The number of esters is 1. The summed E-state index contributed by atoms with van der Waals surface area (Å²) in [4.78, 5) is 25.1. The fraction of sp³-hybridized carbons (Fsp3) is 0.571. The van der Waals surface area contributed by atoms with Crippen molar-refractivity contribution in [1.29, 1.82) is 0 Å². The van der Waals surface area contributed by atoms with Gasteiger partial charge in [-0.1, -0.05) is 0 Å². The average molecular weight is 297 g/mol. The molecule has 0 unspecified atom stereocenters. The molecule has 1 atom stereocenters. The summed E-state index contributed by atoms with van der Waals surface area (Å²) < 4.78 is 10.4. The largest absolute Gasteiger partial charge is 0.462 e. The van der Waals surface area contributed by atoms with Crippen molar-refractivity contribution < 1.29 is 19.1 Å². The molecule has 110 valence electrons. The lowest BCUT2D eigenvalue weighted by Gasteiger charge is -2.10. The van der Waals surface area contributed by atoms with Crippen molar-refractivity contribution in [3.63, 3.8) is 0 Å². The molecular weight excluding hydrogens is 278 g/mol. The van der Waals surface area contributed by atoms with Crippen LogP contribution in [0, 0.1) is 13.8 Å². The number of amides is 1. The maximum absolute atomic E-state index is 12.1. The fourth-order valence-corrected chi connectivity index (χ4v) is 3.19. The van der Waals surface area contributed by atoms with Crippen LogP contribution in [-0.2, 0) is 14.3 Å². The van der Waals surface area contributed by atoms with Gasteiger partial charge in [-0.25, -0.2) is 4.79 Å². The second-order valence-corrected chi connectivity index (χ2v) is 5.92. The monoisotopic (exact) mass is 297 g/mol. The van der Waals surface area contributed by atoms with Gasteiger partial charge in [0.25, 0.3) is 5.91 Å². The van der Waals surface area contributed by atoms with E-state index < -0.39 is 12.1 Å². The van der Waals surface area contributed by atoms with Crippen LogP contribution in [0.25, 0.3) is 0 Å². The zero-order valence-electron chi connectivity index (χ0n) is 11.9. The standard InChI is InChI=1S/C14H19NO4S/c1-4-18-14(17)11-8(2)9(3)20-13(11)15-12(16)10-6-5-7-19-10/h10H,4-7H2,1-3H3,(H,15,16)/t10-/m0/s1. The van der Waals surface area contributed by atoms with Crippen LogP contribution in [0.1, 0.15) is 40.6 Å². The molecule has 1 aromatic rings. The van der Waals surface area contributed by atoms with E-state index in [4.69, 9.17) is 9.47 Å². The molecule has 1 aromatic heterocycles. The molecule has 1 N–H and O–H groups in total. The summed E-state index contributed by atoms with van der Waals surface area (Å²) in [6.45, 7) is 6.47. The zero-order chi connectivity index (χ0) is 14.7. The van der Waals surface area contributed by atoms with E-state index in [9.17, 15) is 9.59 Å². The quantitative estimate of drug-likeness (QED) is 0.868. The highest BCUT2D eigenvalue weighted by Gasteiger charge is 2.27. The molecule has 0 aliphatic carbocycles. The maximum Gasteiger partial charge on any atom is 0.341 e. The Kier molecular flexibility index (Phi) is 4.77. The summed E-state index contributed by atoms with van der Waals surface area (Å²) in [5.41, 5.74) is 1.32. The Morgan fingerprint density at radius 3 is 2.80 bits per heavy atom. The van der Waals surface area contributed by atoms with Gasteiger partial charge in [0.05, 0.1) is 12.2 Å². The number of ether oxygens (including phenoxy) is 2. The van der Waals surface area contributed by atoms with Gasteiger partial charge in [-0.15, -0.1) is 11.3 Å². The molecule has 1 fully saturated rings. The molecular formula is C14H19NO4S. The number of thiophene rings is 1. The number of nitrogens with one attached hydrogen (secondary N) is 1. The van der Waals surface area contributed by atoms with Gasteiger partial charge in [0.1, 0.15) is 11.1 Å². The molecule has 2 rings (SSSR count). The van der Waals surface area contributed by atoms with Gasteiger partial charge in [0, 0.05) is 11.5 Å². The van der Waals surface area contributed by atoms with E-state index in [1.165, 1.54) is 11.3 Å². The molecule has 0 spiro atoms. The van der Waals surface area contributed by atoms with E-state index in [2.05, 4.69) is 5.32 Å². The molecule has 2 heterocycles. The van der Waals surface area contributed by atoms with Crippen LogP contribution in [-0.4, -0.2) is 31.2 Å². The van der Waals surface area contributed by atoms with Crippen LogP contribution >= 0.6 is 11.3 Å². The lowest BCUT2D eigenvalue weighted by Crippen LogP contribution is -2.27. The molecule has 5 nitrogen and oxygen atoms in total. The molecule has 1 aliphatic rings. The van der Waals surface area contributed by atoms with Gasteiger partial charge >= 0.3 is 5.97 Å². The maximum atomic E-state index is 12.1. The Hall–Kier alpha value is -1.40. The minimum absolute atomic E-state index is 0.186. The molecule has 1 saturated heterocycles. The lowest BCUT2D eigenvalue weighted by atomic mass is 10.1. The van der Waals surface area contributed by atoms with Crippen LogP contribution < -0.4 is 5.32 Å². The topological polar surface area (TPSA) is 64.6 Å². The van der Waals surface area contributed by atoms with Gasteiger partial charge in [-0.3, -0.25) is 4.79 Å². The summed E-state index contributed by atoms with van der Waals surface area (Å²) in [5.74, 6) is -0.578. The van der Waals surface area contributed by atoms with E-state index in [-0.39, 0.29) is 5.91 Å². The third-order valence-electron chi connectivity index (χ3n) is 3.32. The molecule has 20 heavy (non-hydrogen) atoms. The summed E-state index contributed by atoms with van der Waals surface area (Å²) in [7, 11) is 0. The Morgan fingerprint density at radius 2 is 2.20 bits per heavy atom. The first-order chi connectivity index (χ1) is 9.54. The molecule has 0 bridgehead atoms. The Bertz CT molecular complexity index is 517. The summed E-state index contributed by atoms with van der Waals surface area (Å²) >= 11 is 1.39. The van der Waals surface area contributed by atoms with E-state index in [1.807, 2.05) is 13.8 Å². The number of rotatable bonds is 4. The van der Waals surface area contributed by atoms with Crippen molar-refractivity contribution in [3.8, 4) is 0 Å². The smallest absolute Gasteiger partial charge is 0.341 e. The van der Waals surface area contributed by atoms with E-state index in [1.54, 1.807) is 6.92 Å². The number of carbonyl (C=O) groups is 2. The highest BCUT2D eigenvalue weighted by molar-refractivity contribution is 7.16. The minimum Gasteiger partial charge on any atom is -0.462 e. The van der Waals surface area contributed by atoms with Crippen LogP contribution in [0.3, 0.4) is 0 Å². The number of hydrogen-bond donors (Lipinski definition) is 1. The molecule has 0 aromatic carbocycles. The van der Waals surface area contributed by atoms with Gasteiger partial charge in [0.15, 0.2) is 0 Å². The fourth-order valence-electron chi connectivity index (χ4n) is 2.14. The SMILES string of the molecule is CCOC(=O)c1c(NC(=O)[C@@H]2CCCO2)sc(C)c1C. The highest BCUT2D eigenvalue weighted by Crippen LogP contribution is 2.33. The van der Waals surface area contributed by atoms with Gasteiger partial charge in [-0.05, 0) is 39.2 Å². The van der Waals surface area contributed by atoms with Crippen LogP contribution in [0.4, 0.5) is 5.00 Å². The molecule has 1 aliphatic heterocycles. The first-order valence-corrected chi connectivity index (χ1v) is 7.55. The number of hydrogen-bond acceptors (Lipinski definition) is 5. The third-order valence-corrected chi connectivity index (χ3v) is 4.45. The third kappa shape index (κ3) is 3.02. The van der Waals surface area contributed by atoms with Crippen LogP contribution in [0.15, 0.2) is 0 Å². The van der Waals surface area contributed by atoms with Crippen molar-refractivity contribution >= 4 is 28.2 Å². The molecule has 1 amide bonds. The first kappa shape index (κ1) is 15.0. The van der Waals surface area contributed by atoms with E-state index >= 15 is 0 Å². The van der Waals surface area contributed by atoms with Crippen molar-refractivity contribution in [1.82, 2.24) is 0 Å². The first-order valence-electron chi connectivity index (χ1n) is 6.74. The minimum atomic E-state index is -0.409. The summed E-state index contributed by atoms with van der Waals surface area (Å²) in [6, 6.07) is 0.